The van der Waals surface area contributed by atoms with Gasteiger partial charge in [-0.1, -0.05) is 17.8 Å². The Morgan fingerprint density at radius 3 is 2.95 bits per heavy atom. The second-order valence-corrected chi connectivity index (χ2v) is 5.52. The first-order valence-electron chi connectivity index (χ1n) is 6.38. The minimum Gasteiger partial charge on any atom is -0.545 e. The van der Waals surface area contributed by atoms with Crippen LogP contribution in [0.15, 0.2) is 47.8 Å². The first kappa shape index (κ1) is 13.6. The molecule has 0 fully saturated rings. The Labute approximate surface area is 125 Å². The van der Waals surface area contributed by atoms with Gasteiger partial charge in [0.2, 0.25) is 0 Å². The van der Waals surface area contributed by atoms with E-state index in [0.29, 0.717) is 10.8 Å². The fourth-order valence-corrected chi connectivity index (χ4v) is 2.94. The molecule has 0 bridgehead atoms. The van der Waals surface area contributed by atoms with Gasteiger partial charge in [0.15, 0.2) is 0 Å². The van der Waals surface area contributed by atoms with Gasteiger partial charge in [-0.05, 0) is 31.2 Å². The first-order chi connectivity index (χ1) is 10.1. The van der Waals surface area contributed by atoms with Crippen molar-refractivity contribution in [2.45, 2.75) is 17.7 Å². The summed E-state index contributed by atoms with van der Waals surface area (Å²) in [7, 11) is 0. The van der Waals surface area contributed by atoms with Crippen molar-refractivity contribution in [3.63, 3.8) is 0 Å². The van der Waals surface area contributed by atoms with Crippen LogP contribution in [0.4, 0.5) is 0 Å². The lowest BCUT2D eigenvalue weighted by molar-refractivity contribution is -0.255. The van der Waals surface area contributed by atoms with Crippen LogP contribution in [0.25, 0.3) is 5.65 Å². The van der Waals surface area contributed by atoms with E-state index < -0.39 is 5.97 Å². The summed E-state index contributed by atoms with van der Waals surface area (Å²) in [6, 6.07) is 9.00. The lowest BCUT2D eigenvalue weighted by atomic mass is 10.3. The number of rotatable bonds is 4. The SMILES string of the molecule is Cc1cccc2nc(CSc3ncccc3C(=O)[O-])cn12. The number of aromatic nitrogens is 3. The molecule has 5 nitrogen and oxygen atoms in total. The number of thioether (sulfide) groups is 1. The molecule has 6 heteroatoms. The fraction of sp³-hybridized carbons (Fsp3) is 0.133. The molecule has 0 aliphatic rings. The molecule has 0 saturated carbocycles. The molecule has 0 aliphatic heterocycles. The van der Waals surface area contributed by atoms with Gasteiger partial charge < -0.3 is 14.3 Å². The molecule has 0 unspecified atom stereocenters. The Bertz CT molecular complexity index is 814. The molecule has 3 aromatic rings. The predicted octanol–water partition coefficient (Wildman–Crippen LogP) is 1.69. The van der Waals surface area contributed by atoms with Gasteiger partial charge in [-0.25, -0.2) is 9.97 Å². The van der Waals surface area contributed by atoms with E-state index in [-0.39, 0.29) is 5.56 Å². The van der Waals surface area contributed by atoms with Crippen LogP contribution in [0.1, 0.15) is 21.7 Å². The Balaban J connectivity index is 1.84. The maximum Gasteiger partial charge on any atom is 0.137 e. The van der Waals surface area contributed by atoms with Gasteiger partial charge in [0.25, 0.3) is 0 Å². The van der Waals surface area contributed by atoms with Gasteiger partial charge in [-0.15, -0.1) is 0 Å². The Kier molecular flexibility index (Phi) is 3.62. The Morgan fingerprint density at radius 2 is 2.19 bits per heavy atom. The topological polar surface area (TPSA) is 70.3 Å². The number of carbonyl (C=O) groups excluding carboxylic acids is 1. The van der Waals surface area contributed by atoms with Crippen LogP contribution in [0.2, 0.25) is 0 Å². The molecule has 0 amide bonds. The highest BCUT2D eigenvalue weighted by atomic mass is 32.2. The van der Waals surface area contributed by atoms with Crippen LogP contribution in [0.5, 0.6) is 0 Å². The predicted molar refractivity (Wildman–Crippen MR) is 78.1 cm³/mol. The van der Waals surface area contributed by atoms with E-state index in [4.69, 9.17) is 0 Å². The van der Waals surface area contributed by atoms with Gasteiger partial charge in [0.1, 0.15) is 10.7 Å². The third kappa shape index (κ3) is 2.75. The zero-order chi connectivity index (χ0) is 14.8. The molecular weight excluding hydrogens is 286 g/mol. The normalized spacial score (nSPS) is 10.9. The van der Waals surface area contributed by atoms with E-state index in [1.54, 1.807) is 12.3 Å². The second-order valence-electron chi connectivity index (χ2n) is 4.56. The molecule has 3 heterocycles. The molecule has 106 valence electrons. The number of aromatic carboxylic acids is 1. The highest BCUT2D eigenvalue weighted by Gasteiger charge is 2.08. The fourth-order valence-electron chi connectivity index (χ4n) is 2.07. The molecule has 0 aromatic carbocycles. The maximum atomic E-state index is 11.0. The van der Waals surface area contributed by atoms with E-state index >= 15 is 0 Å². The van der Waals surface area contributed by atoms with Crippen LogP contribution in [0.3, 0.4) is 0 Å². The first-order valence-corrected chi connectivity index (χ1v) is 7.36. The largest absolute Gasteiger partial charge is 0.545 e. The maximum absolute atomic E-state index is 11.0. The van der Waals surface area contributed by atoms with E-state index in [1.165, 1.54) is 17.8 Å². The highest BCUT2D eigenvalue weighted by Crippen LogP contribution is 2.23. The van der Waals surface area contributed by atoms with Crippen LogP contribution >= 0.6 is 11.8 Å². The summed E-state index contributed by atoms with van der Waals surface area (Å²) < 4.78 is 2.01. The number of carboxylic acid groups (broad SMARTS) is 1. The van der Waals surface area contributed by atoms with Crippen molar-refractivity contribution in [3.8, 4) is 0 Å². The summed E-state index contributed by atoms with van der Waals surface area (Å²) in [4.78, 5) is 19.6. The summed E-state index contributed by atoms with van der Waals surface area (Å²) in [5.41, 5.74) is 2.97. The summed E-state index contributed by atoms with van der Waals surface area (Å²) >= 11 is 1.34. The molecular formula is C15H12N3O2S-. The Hall–Kier alpha value is -2.34. The van der Waals surface area contributed by atoms with E-state index in [9.17, 15) is 9.90 Å². The van der Waals surface area contributed by atoms with Gasteiger partial charge in [-0.2, -0.15) is 0 Å². The summed E-state index contributed by atoms with van der Waals surface area (Å²) in [5, 5.41) is 11.5. The zero-order valence-corrected chi connectivity index (χ0v) is 12.1. The molecule has 0 radical (unpaired) electrons. The van der Waals surface area contributed by atoms with Crippen molar-refractivity contribution in [2.75, 3.05) is 0 Å². The molecule has 0 aliphatic carbocycles. The van der Waals surface area contributed by atoms with Crippen LogP contribution in [-0.4, -0.2) is 20.3 Å². The summed E-state index contributed by atoms with van der Waals surface area (Å²) in [6.07, 6.45) is 3.53. The molecule has 3 aromatic heterocycles. The molecule has 3 rings (SSSR count). The third-order valence-corrected chi connectivity index (χ3v) is 4.13. The number of imidazole rings is 1. The molecule has 21 heavy (non-hydrogen) atoms. The van der Waals surface area contributed by atoms with E-state index in [2.05, 4.69) is 9.97 Å². The van der Waals surface area contributed by atoms with Gasteiger partial charge in [-0.3, -0.25) is 0 Å². The Morgan fingerprint density at radius 1 is 1.33 bits per heavy atom. The number of hydrogen-bond donors (Lipinski definition) is 0. The number of pyridine rings is 2. The highest BCUT2D eigenvalue weighted by molar-refractivity contribution is 7.98. The lowest BCUT2D eigenvalue weighted by Gasteiger charge is -2.07. The smallest absolute Gasteiger partial charge is 0.137 e. The van der Waals surface area contributed by atoms with Crippen molar-refractivity contribution in [1.82, 2.24) is 14.4 Å². The van der Waals surface area contributed by atoms with Gasteiger partial charge in [0.05, 0.1) is 11.7 Å². The van der Waals surface area contributed by atoms with Crippen molar-refractivity contribution in [3.05, 3.63) is 59.7 Å². The average Bonchev–Trinajstić information content (AvgIpc) is 2.90. The van der Waals surface area contributed by atoms with Gasteiger partial charge >= 0.3 is 0 Å². The van der Waals surface area contributed by atoms with Crippen LogP contribution < -0.4 is 5.11 Å². The summed E-state index contributed by atoms with van der Waals surface area (Å²) in [6.45, 7) is 2.01. The number of carbonyl (C=O) groups is 1. The molecule has 0 N–H and O–H groups in total. The monoisotopic (exact) mass is 298 g/mol. The van der Waals surface area contributed by atoms with Crippen molar-refractivity contribution < 1.29 is 9.90 Å². The molecule has 0 saturated heterocycles. The van der Waals surface area contributed by atoms with Crippen molar-refractivity contribution >= 4 is 23.4 Å². The standard InChI is InChI=1S/C15H13N3O2S/c1-10-4-2-6-13-17-11(8-18(10)13)9-21-14-12(15(19)20)5-3-7-16-14/h2-8H,9H2,1H3,(H,19,20)/p-1. The van der Waals surface area contributed by atoms with E-state index in [0.717, 1.165) is 17.0 Å². The average molecular weight is 298 g/mol. The zero-order valence-electron chi connectivity index (χ0n) is 11.3. The minimum atomic E-state index is -1.21. The number of hydrogen-bond acceptors (Lipinski definition) is 5. The quantitative estimate of drug-likeness (QED) is 0.686. The summed E-state index contributed by atoms with van der Waals surface area (Å²) in [5.74, 6) is -0.658. The van der Waals surface area contributed by atoms with Crippen molar-refractivity contribution in [1.29, 1.82) is 0 Å². The van der Waals surface area contributed by atoms with Gasteiger partial charge in [0, 0.05) is 29.4 Å². The number of carboxylic acids is 1. The van der Waals surface area contributed by atoms with Crippen LogP contribution in [0, 0.1) is 6.92 Å². The second kappa shape index (κ2) is 5.57. The molecule has 0 atom stereocenters. The lowest BCUT2D eigenvalue weighted by Crippen LogP contribution is -2.23. The third-order valence-electron chi connectivity index (χ3n) is 3.09. The minimum absolute atomic E-state index is 0.113. The van der Waals surface area contributed by atoms with Crippen molar-refractivity contribution in [2.24, 2.45) is 0 Å². The van der Waals surface area contributed by atoms with E-state index in [1.807, 2.05) is 35.7 Å². The molecule has 0 spiro atoms. The number of nitrogens with zero attached hydrogens (tertiary/aromatic N) is 3. The van der Waals surface area contributed by atoms with Crippen LogP contribution in [-0.2, 0) is 5.75 Å². The number of fused-ring (bicyclic) bond motifs is 1. The number of aryl methyl sites for hydroxylation is 1.